The van der Waals surface area contributed by atoms with Crippen molar-refractivity contribution < 1.29 is 23.5 Å². The van der Waals surface area contributed by atoms with E-state index in [1.54, 1.807) is 25.3 Å². The van der Waals surface area contributed by atoms with Gasteiger partial charge in [-0.25, -0.2) is 0 Å². The number of nitrogens with one attached hydrogen (secondary N) is 1. The van der Waals surface area contributed by atoms with E-state index in [-0.39, 0.29) is 11.6 Å². The third-order valence-electron chi connectivity index (χ3n) is 2.58. The second kappa shape index (κ2) is 5.96. The Balaban J connectivity index is 2.18. The number of hydrogen-bond acceptors (Lipinski definition) is 6. The summed E-state index contributed by atoms with van der Waals surface area (Å²) < 4.78 is 20.0. The molecule has 0 fully saturated rings. The zero-order chi connectivity index (χ0) is 14.5. The Morgan fingerprint density at radius 2 is 1.95 bits per heavy atom. The highest BCUT2D eigenvalue weighted by Gasteiger charge is 2.15. The van der Waals surface area contributed by atoms with E-state index < -0.39 is 5.91 Å². The fourth-order valence-electron chi connectivity index (χ4n) is 1.55. The van der Waals surface area contributed by atoms with Crippen LogP contribution in [-0.2, 0) is 0 Å². The minimum atomic E-state index is -0.454. The number of carbonyl (C=O) groups is 1. The molecule has 1 aromatic heterocycles. The molecule has 0 spiro atoms. The van der Waals surface area contributed by atoms with E-state index in [1.807, 2.05) is 0 Å². The summed E-state index contributed by atoms with van der Waals surface area (Å²) in [7, 11) is 4.49. The first-order valence-corrected chi connectivity index (χ1v) is 5.72. The fraction of sp³-hybridized carbons (Fsp3) is 0.231. The number of aromatic nitrogens is 1. The molecule has 2 aromatic rings. The molecule has 1 heterocycles. The van der Waals surface area contributed by atoms with E-state index in [1.165, 1.54) is 20.3 Å². The molecule has 0 atom stereocenters. The Kier molecular flexibility index (Phi) is 4.09. The molecule has 0 aliphatic rings. The van der Waals surface area contributed by atoms with Crippen LogP contribution in [0.2, 0.25) is 0 Å². The van der Waals surface area contributed by atoms with Crippen LogP contribution in [0.5, 0.6) is 17.4 Å². The summed E-state index contributed by atoms with van der Waals surface area (Å²) in [6, 6.07) is 6.43. The quantitative estimate of drug-likeness (QED) is 0.900. The third-order valence-corrected chi connectivity index (χ3v) is 2.58. The van der Waals surface area contributed by atoms with Crippen LogP contribution in [0.15, 0.2) is 28.8 Å². The van der Waals surface area contributed by atoms with Crippen molar-refractivity contribution in [3.8, 4) is 17.4 Å². The van der Waals surface area contributed by atoms with Gasteiger partial charge in [0.15, 0.2) is 0 Å². The molecule has 1 aromatic carbocycles. The van der Waals surface area contributed by atoms with Crippen LogP contribution in [0, 0.1) is 0 Å². The minimum Gasteiger partial charge on any atom is -0.497 e. The highest BCUT2D eigenvalue weighted by atomic mass is 16.5. The Hall–Kier alpha value is -2.70. The number of methoxy groups -OCH3 is 3. The van der Waals surface area contributed by atoms with Gasteiger partial charge in [-0.05, 0) is 17.3 Å². The summed E-state index contributed by atoms with van der Waals surface area (Å²) in [6.45, 7) is 0. The van der Waals surface area contributed by atoms with E-state index >= 15 is 0 Å². The molecule has 7 heteroatoms. The lowest BCUT2D eigenvalue weighted by Gasteiger charge is -2.10. The molecule has 20 heavy (non-hydrogen) atoms. The maximum absolute atomic E-state index is 12.0. The van der Waals surface area contributed by atoms with Gasteiger partial charge in [-0.2, -0.15) is 0 Å². The van der Waals surface area contributed by atoms with Crippen LogP contribution in [0.25, 0.3) is 0 Å². The van der Waals surface area contributed by atoms with E-state index in [2.05, 4.69) is 10.5 Å². The molecular formula is C13H14N2O5. The Morgan fingerprint density at radius 1 is 1.15 bits per heavy atom. The van der Waals surface area contributed by atoms with Gasteiger partial charge < -0.3 is 24.1 Å². The summed E-state index contributed by atoms with van der Waals surface area (Å²) in [5.74, 6) is 0.922. The first-order chi connectivity index (χ1) is 9.67. The van der Waals surface area contributed by atoms with Crippen LogP contribution in [0.3, 0.4) is 0 Å². The molecule has 0 aliphatic carbocycles. The number of ether oxygens (including phenoxy) is 3. The fourth-order valence-corrected chi connectivity index (χ4v) is 1.55. The van der Waals surface area contributed by atoms with Crippen LogP contribution >= 0.6 is 0 Å². The van der Waals surface area contributed by atoms with Crippen LogP contribution in [0.1, 0.15) is 10.6 Å². The van der Waals surface area contributed by atoms with Crippen LogP contribution in [-0.4, -0.2) is 32.4 Å². The smallest absolute Gasteiger partial charge is 0.294 e. The molecule has 0 saturated carbocycles. The summed E-state index contributed by atoms with van der Waals surface area (Å²) in [5, 5.41) is 6.22. The van der Waals surface area contributed by atoms with Gasteiger partial charge in [0.05, 0.1) is 33.1 Å². The molecule has 0 radical (unpaired) electrons. The molecule has 0 saturated heterocycles. The largest absolute Gasteiger partial charge is 0.497 e. The van der Waals surface area contributed by atoms with Crippen molar-refractivity contribution in [2.75, 3.05) is 26.6 Å². The van der Waals surface area contributed by atoms with Gasteiger partial charge in [-0.3, -0.25) is 4.79 Å². The van der Waals surface area contributed by atoms with E-state index in [0.29, 0.717) is 17.2 Å². The summed E-state index contributed by atoms with van der Waals surface area (Å²) in [5.41, 5.74) is 0.494. The molecule has 0 aliphatic heterocycles. The lowest BCUT2D eigenvalue weighted by atomic mass is 10.2. The number of hydrogen-bond donors (Lipinski definition) is 1. The molecule has 106 valence electrons. The maximum atomic E-state index is 12.0. The molecule has 0 bridgehead atoms. The second-order valence-corrected chi connectivity index (χ2v) is 3.75. The lowest BCUT2D eigenvalue weighted by molar-refractivity contribution is 0.0987. The highest BCUT2D eigenvalue weighted by Crippen LogP contribution is 2.29. The number of rotatable bonds is 5. The normalized spacial score (nSPS) is 9.95. The molecule has 2 rings (SSSR count). The minimum absolute atomic E-state index is 0.0414. The van der Waals surface area contributed by atoms with Crippen molar-refractivity contribution in [1.82, 2.24) is 5.16 Å². The molecule has 7 nitrogen and oxygen atoms in total. The summed E-state index contributed by atoms with van der Waals surface area (Å²) in [4.78, 5) is 12.0. The van der Waals surface area contributed by atoms with Gasteiger partial charge in [0.2, 0.25) is 5.76 Å². The van der Waals surface area contributed by atoms with E-state index in [4.69, 9.17) is 18.7 Å². The Morgan fingerprint density at radius 3 is 2.55 bits per heavy atom. The van der Waals surface area contributed by atoms with Gasteiger partial charge in [0.25, 0.3) is 11.8 Å². The van der Waals surface area contributed by atoms with Crippen molar-refractivity contribution in [3.63, 3.8) is 0 Å². The SMILES string of the molecule is COc1ccc(NC(=O)c2cc(OC)no2)c(OC)c1. The number of anilines is 1. The zero-order valence-electron chi connectivity index (χ0n) is 11.3. The number of amides is 1. The third kappa shape index (κ3) is 2.82. The van der Waals surface area contributed by atoms with Crippen molar-refractivity contribution in [1.29, 1.82) is 0 Å². The zero-order valence-corrected chi connectivity index (χ0v) is 11.3. The van der Waals surface area contributed by atoms with Gasteiger partial charge >= 0.3 is 0 Å². The Labute approximate surface area is 115 Å². The number of benzene rings is 1. The summed E-state index contributed by atoms with van der Waals surface area (Å²) in [6.07, 6.45) is 0. The number of nitrogens with zero attached hydrogens (tertiary/aromatic N) is 1. The predicted molar refractivity (Wildman–Crippen MR) is 70.6 cm³/mol. The predicted octanol–water partition coefficient (Wildman–Crippen LogP) is 1.95. The van der Waals surface area contributed by atoms with Crippen molar-refractivity contribution in [2.24, 2.45) is 0 Å². The molecule has 0 unspecified atom stereocenters. The highest BCUT2D eigenvalue weighted by molar-refractivity contribution is 6.03. The topological polar surface area (TPSA) is 82.8 Å². The summed E-state index contributed by atoms with van der Waals surface area (Å²) >= 11 is 0. The van der Waals surface area contributed by atoms with Crippen molar-refractivity contribution in [3.05, 3.63) is 30.0 Å². The Bertz CT molecular complexity index is 609. The second-order valence-electron chi connectivity index (χ2n) is 3.75. The average Bonchev–Trinajstić information content (AvgIpc) is 2.96. The van der Waals surface area contributed by atoms with Crippen LogP contribution in [0.4, 0.5) is 5.69 Å². The molecule has 1 amide bonds. The van der Waals surface area contributed by atoms with Gasteiger partial charge in [-0.15, -0.1) is 0 Å². The van der Waals surface area contributed by atoms with Crippen LogP contribution < -0.4 is 19.5 Å². The monoisotopic (exact) mass is 278 g/mol. The first-order valence-electron chi connectivity index (χ1n) is 5.72. The van der Waals surface area contributed by atoms with E-state index in [9.17, 15) is 4.79 Å². The first kappa shape index (κ1) is 13.7. The number of carbonyl (C=O) groups excluding carboxylic acids is 1. The maximum Gasteiger partial charge on any atom is 0.294 e. The van der Waals surface area contributed by atoms with Crippen molar-refractivity contribution in [2.45, 2.75) is 0 Å². The average molecular weight is 278 g/mol. The van der Waals surface area contributed by atoms with Gasteiger partial charge in [0, 0.05) is 6.07 Å². The van der Waals surface area contributed by atoms with E-state index in [0.717, 1.165) is 0 Å². The van der Waals surface area contributed by atoms with Gasteiger partial charge in [-0.1, -0.05) is 0 Å². The van der Waals surface area contributed by atoms with Gasteiger partial charge in [0.1, 0.15) is 11.5 Å². The standard InChI is InChI=1S/C13H14N2O5/c1-17-8-4-5-9(10(6-8)18-2)14-13(16)11-7-12(19-3)15-20-11/h4-7H,1-3H3,(H,14,16). The lowest BCUT2D eigenvalue weighted by Crippen LogP contribution is -2.11. The molecule has 1 N–H and O–H groups in total. The molecular weight excluding hydrogens is 264 g/mol. The van der Waals surface area contributed by atoms with Crippen molar-refractivity contribution >= 4 is 11.6 Å².